The number of hydrogen-bond acceptors (Lipinski definition) is 5. The fraction of sp³-hybridized carbons (Fsp3) is 0.294. The van der Waals surface area contributed by atoms with Crippen molar-refractivity contribution in [3.63, 3.8) is 0 Å². The molecule has 5 rings (SSSR count). The molecule has 3 heterocycles. The van der Waals surface area contributed by atoms with Crippen LogP contribution in [0.3, 0.4) is 0 Å². The van der Waals surface area contributed by atoms with Gasteiger partial charge in [-0.05, 0) is 67.7 Å². The summed E-state index contributed by atoms with van der Waals surface area (Å²) in [6, 6.07) is 11.5. The first-order valence-electron chi connectivity index (χ1n) is 15.1. The minimum absolute atomic E-state index is 0.0136. The van der Waals surface area contributed by atoms with Crippen LogP contribution in [0, 0.1) is 12.7 Å². The third-order valence-electron chi connectivity index (χ3n) is 7.94. The van der Waals surface area contributed by atoms with E-state index in [9.17, 15) is 9.59 Å². The number of fused-ring (bicyclic) bond motifs is 1. The van der Waals surface area contributed by atoms with Gasteiger partial charge in [-0.15, -0.1) is 0 Å². The zero-order valence-electron chi connectivity index (χ0n) is 26.6. The largest absolute Gasteiger partial charge is 0.354 e. The Kier molecular flexibility index (Phi) is 7.11. The molecule has 0 spiro atoms. The second-order valence-electron chi connectivity index (χ2n) is 11.2. The summed E-state index contributed by atoms with van der Waals surface area (Å²) in [5.41, 5.74) is 3.29. The van der Waals surface area contributed by atoms with Crippen molar-refractivity contribution >= 4 is 28.7 Å². The van der Waals surface area contributed by atoms with Gasteiger partial charge in [0.25, 0.3) is 0 Å². The summed E-state index contributed by atoms with van der Waals surface area (Å²) >= 11 is 0. The SMILES string of the molecule is [2H]C([2H])=Cc1ccccc1-c1cc2c(cc1F)c(N1[C@@H](C)CN(C(=O)C=C)C[C@@H]1C)nc(=O)n2-c1c(C)ccnc1C(C)C. The van der Waals surface area contributed by atoms with Crippen molar-refractivity contribution in [3.8, 4) is 16.8 Å². The summed E-state index contributed by atoms with van der Waals surface area (Å²) < 4.78 is 33.2. The van der Waals surface area contributed by atoms with E-state index in [0.717, 1.165) is 5.56 Å². The van der Waals surface area contributed by atoms with Crippen molar-refractivity contribution in [3.05, 3.63) is 101 Å². The number of hydrogen-bond donors (Lipinski definition) is 0. The number of pyridine rings is 1. The topological polar surface area (TPSA) is 71.3 Å². The van der Waals surface area contributed by atoms with Crippen molar-refractivity contribution in [2.75, 3.05) is 18.0 Å². The lowest BCUT2D eigenvalue weighted by Crippen LogP contribution is -2.58. The normalized spacial score (nSPS) is 17.7. The molecule has 0 aliphatic carbocycles. The van der Waals surface area contributed by atoms with Crippen LogP contribution in [0.5, 0.6) is 0 Å². The van der Waals surface area contributed by atoms with E-state index < -0.39 is 18.0 Å². The highest BCUT2D eigenvalue weighted by Crippen LogP contribution is 2.37. The number of benzene rings is 2. The molecular formula is C34H36FN5O2. The van der Waals surface area contributed by atoms with Gasteiger partial charge in [-0.3, -0.25) is 14.3 Å². The second kappa shape index (κ2) is 11.4. The molecule has 1 aliphatic heterocycles. The highest BCUT2D eigenvalue weighted by molar-refractivity contribution is 5.95. The maximum atomic E-state index is 16.3. The quantitative estimate of drug-likeness (QED) is 0.257. The Labute approximate surface area is 248 Å². The fourth-order valence-electron chi connectivity index (χ4n) is 6.05. The van der Waals surface area contributed by atoms with Crippen LogP contribution in [0.4, 0.5) is 10.2 Å². The van der Waals surface area contributed by atoms with E-state index in [2.05, 4.69) is 16.5 Å². The van der Waals surface area contributed by atoms with Crippen LogP contribution in [0.25, 0.3) is 33.8 Å². The van der Waals surface area contributed by atoms with E-state index >= 15 is 4.39 Å². The Hall–Kier alpha value is -4.59. The fourth-order valence-corrected chi connectivity index (χ4v) is 6.05. The molecule has 2 aromatic carbocycles. The predicted octanol–water partition coefficient (Wildman–Crippen LogP) is 6.27. The van der Waals surface area contributed by atoms with E-state index in [1.165, 1.54) is 22.8 Å². The minimum Gasteiger partial charge on any atom is -0.347 e. The summed E-state index contributed by atoms with van der Waals surface area (Å²) in [7, 11) is 0. The Balaban J connectivity index is 1.85. The molecule has 0 bridgehead atoms. The molecule has 1 saturated heterocycles. The van der Waals surface area contributed by atoms with Gasteiger partial charge in [-0.25, -0.2) is 9.18 Å². The van der Waals surface area contributed by atoms with Crippen LogP contribution < -0.4 is 10.6 Å². The van der Waals surface area contributed by atoms with E-state index in [4.69, 9.17) is 2.74 Å². The van der Waals surface area contributed by atoms with Crippen molar-refractivity contribution in [2.24, 2.45) is 0 Å². The third kappa shape index (κ3) is 4.91. The molecule has 0 N–H and O–H groups in total. The van der Waals surface area contributed by atoms with Crippen molar-refractivity contribution in [2.45, 2.75) is 52.6 Å². The number of piperazine rings is 1. The number of carbonyl (C=O) groups excluding carboxylic acids is 1. The third-order valence-corrected chi connectivity index (χ3v) is 7.94. The molecule has 8 heteroatoms. The molecule has 2 aromatic heterocycles. The Bertz CT molecular complexity index is 1850. The number of aryl methyl sites for hydroxylation is 1. The van der Waals surface area contributed by atoms with Gasteiger partial charge >= 0.3 is 5.69 Å². The Morgan fingerprint density at radius 1 is 1.14 bits per heavy atom. The molecule has 2 atom stereocenters. The van der Waals surface area contributed by atoms with Gasteiger partial charge in [-0.1, -0.05) is 57.3 Å². The van der Waals surface area contributed by atoms with Crippen LogP contribution in [0.2, 0.25) is 0 Å². The standard InChI is InChI=1S/C34H36FN5O2/c1-8-24-12-10-11-13-25(24)26-17-29-27(16-28(26)35)33(39-22(6)18-38(19-23(39)7)30(41)9-2)37-34(42)40(29)32-21(5)14-15-36-31(32)20(3)4/h8-17,20,22-23H,1-2,18-19H2,3-7H3/t22-,23-/m0/s1/i1D2. The minimum atomic E-state index is -0.532. The number of amides is 1. The van der Waals surface area contributed by atoms with Crippen LogP contribution >= 0.6 is 0 Å². The number of rotatable bonds is 6. The molecule has 1 amide bonds. The zero-order valence-corrected chi connectivity index (χ0v) is 24.6. The maximum Gasteiger partial charge on any atom is 0.354 e. The number of nitrogens with zero attached hydrogens (tertiary/aromatic N) is 5. The van der Waals surface area contributed by atoms with E-state index in [1.54, 1.807) is 41.4 Å². The molecule has 1 fully saturated rings. The van der Waals surface area contributed by atoms with Gasteiger partial charge in [-0.2, -0.15) is 4.98 Å². The summed E-state index contributed by atoms with van der Waals surface area (Å²) in [4.78, 5) is 39.5. The summed E-state index contributed by atoms with van der Waals surface area (Å²) in [5, 5.41) is 0.445. The van der Waals surface area contributed by atoms with Gasteiger partial charge < -0.3 is 9.80 Å². The molecule has 216 valence electrons. The molecule has 42 heavy (non-hydrogen) atoms. The van der Waals surface area contributed by atoms with E-state index in [0.29, 0.717) is 52.3 Å². The first-order chi connectivity index (χ1) is 20.9. The molecule has 0 saturated carbocycles. The van der Waals surface area contributed by atoms with Crippen molar-refractivity contribution in [1.29, 1.82) is 0 Å². The van der Waals surface area contributed by atoms with Crippen LogP contribution in [0.15, 0.2) is 72.6 Å². The van der Waals surface area contributed by atoms with Gasteiger partial charge in [0.15, 0.2) is 0 Å². The molecule has 1 aliphatic rings. The van der Waals surface area contributed by atoms with Crippen molar-refractivity contribution in [1.82, 2.24) is 19.4 Å². The monoisotopic (exact) mass is 567 g/mol. The summed E-state index contributed by atoms with van der Waals surface area (Å²) in [6.07, 6.45) is 4.36. The smallest absolute Gasteiger partial charge is 0.347 e. The lowest BCUT2D eigenvalue weighted by Gasteiger charge is -2.45. The molecule has 0 radical (unpaired) electrons. The average molecular weight is 568 g/mol. The van der Waals surface area contributed by atoms with Crippen LogP contribution in [0.1, 0.15) is 53.2 Å². The molecule has 7 nitrogen and oxygen atoms in total. The highest BCUT2D eigenvalue weighted by Gasteiger charge is 2.34. The molecular weight excluding hydrogens is 529 g/mol. The van der Waals surface area contributed by atoms with Crippen LogP contribution in [-0.2, 0) is 4.79 Å². The average Bonchev–Trinajstić information content (AvgIpc) is 2.96. The number of halogens is 1. The number of carbonyl (C=O) groups is 1. The van der Waals surface area contributed by atoms with Crippen LogP contribution in [-0.4, -0.2) is 50.5 Å². The highest BCUT2D eigenvalue weighted by atomic mass is 19.1. The number of anilines is 1. The van der Waals surface area contributed by atoms with E-state index in [1.807, 2.05) is 45.6 Å². The Morgan fingerprint density at radius 3 is 2.52 bits per heavy atom. The summed E-state index contributed by atoms with van der Waals surface area (Å²) in [5.74, 6) is -0.370. The maximum absolute atomic E-state index is 16.3. The molecule has 4 aromatic rings. The predicted molar refractivity (Wildman–Crippen MR) is 168 cm³/mol. The summed E-state index contributed by atoms with van der Waals surface area (Å²) in [6.45, 7) is 13.8. The first kappa shape index (κ1) is 26.3. The number of aromatic nitrogens is 3. The van der Waals surface area contributed by atoms with Gasteiger partial charge in [0.2, 0.25) is 5.91 Å². The lowest BCUT2D eigenvalue weighted by molar-refractivity contribution is -0.127. The Morgan fingerprint density at radius 2 is 1.86 bits per heavy atom. The van der Waals surface area contributed by atoms with Gasteiger partial charge in [0, 0.05) is 42.3 Å². The molecule has 0 unspecified atom stereocenters. The van der Waals surface area contributed by atoms with Gasteiger partial charge in [0.05, 0.1) is 19.6 Å². The lowest BCUT2D eigenvalue weighted by atomic mass is 9.97. The van der Waals surface area contributed by atoms with Crippen molar-refractivity contribution < 1.29 is 11.9 Å². The first-order valence-corrected chi connectivity index (χ1v) is 14.1. The van der Waals surface area contributed by atoms with E-state index in [-0.39, 0.29) is 29.5 Å². The zero-order chi connectivity index (χ0) is 31.9. The van der Waals surface area contributed by atoms with Gasteiger partial charge in [0.1, 0.15) is 11.6 Å². The second-order valence-corrected chi connectivity index (χ2v) is 11.2.